The fraction of sp³-hybridized carbons (Fsp3) is 0.0800. The van der Waals surface area contributed by atoms with Crippen molar-refractivity contribution in [3.8, 4) is 11.8 Å². The molecule has 4 rings (SSSR count). The highest BCUT2D eigenvalue weighted by Crippen LogP contribution is 2.24. The lowest BCUT2D eigenvalue weighted by atomic mass is 10.1. The number of halogens is 1. The maximum atomic E-state index is 12.6. The van der Waals surface area contributed by atoms with Crippen LogP contribution in [-0.4, -0.2) is 23.8 Å². The van der Waals surface area contributed by atoms with E-state index in [1.54, 1.807) is 24.4 Å². The van der Waals surface area contributed by atoms with Crippen LogP contribution >= 0.6 is 15.9 Å². The number of methoxy groups -OCH3 is 1. The molecule has 0 radical (unpaired) electrons. The number of nitrogens with one attached hydrogen (secondary N) is 1. The number of hydrogen-bond acceptors (Lipinski definition) is 4. The number of fused-ring (bicyclic) bond motifs is 1. The number of benzene rings is 3. The second kappa shape index (κ2) is 9.50. The molecule has 0 unspecified atom stereocenters. The van der Waals surface area contributed by atoms with E-state index in [9.17, 15) is 10.1 Å². The van der Waals surface area contributed by atoms with E-state index in [1.165, 1.54) is 7.11 Å². The highest BCUT2D eigenvalue weighted by molar-refractivity contribution is 9.10. The molecule has 6 nitrogen and oxygen atoms in total. The SMILES string of the molecule is COc1ccc(Br)cc1C(=O)N/N=C\c1cn(Cc2ccccc2C#N)c2ccccc12. The summed E-state index contributed by atoms with van der Waals surface area (Å²) in [6, 6.07) is 22.9. The Labute approximate surface area is 193 Å². The Kier molecular flexibility index (Phi) is 6.34. The predicted molar refractivity (Wildman–Crippen MR) is 128 cm³/mol. The molecule has 0 aliphatic heterocycles. The third kappa shape index (κ3) is 4.41. The lowest BCUT2D eigenvalue weighted by Gasteiger charge is -2.07. The third-order valence-electron chi connectivity index (χ3n) is 5.07. The summed E-state index contributed by atoms with van der Waals surface area (Å²) in [6.45, 7) is 0.555. The van der Waals surface area contributed by atoms with E-state index in [0.717, 1.165) is 26.5 Å². The molecule has 1 N–H and O–H groups in total. The highest BCUT2D eigenvalue weighted by Gasteiger charge is 2.13. The first-order chi connectivity index (χ1) is 15.6. The number of amides is 1. The standard InChI is InChI=1S/C25H19BrN4O2/c1-32-24-11-10-20(26)12-22(24)25(31)29-28-14-19-16-30(23-9-5-4-8-21(19)23)15-18-7-3-2-6-17(18)13-27/h2-12,14,16H,15H2,1H3,(H,29,31)/b28-14-. The lowest BCUT2D eigenvalue weighted by Crippen LogP contribution is -2.18. The van der Waals surface area contributed by atoms with Crippen LogP contribution in [0.4, 0.5) is 0 Å². The van der Waals surface area contributed by atoms with Gasteiger partial charge in [-0.15, -0.1) is 0 Å². The summed E-state index contributed by atoms with van der Waals surface area (Å²) in [5.74, 6) is 0.0970. The molecule has 1 aromatic heterocycles. The van der Waals surface area contributed by atoms with Gasteiger partial charge in [-0.25, -0.2) is 5.43 Å². The van der Waals surface area contributed by atoms with Gasteiger partial charge in [0.25, 0.3) is 5.91 Å². The first-order valence-electron chi connectivity index (χ1n) is 9.83. The second-order valence-electron chi connectivity index (χ2n) is 7.04. The van der Waals surface area contributed by atoms with Crippen LogP contribution in [0, 0.1) is 11.3 Å². The monoisotopic (exact) mass is 486 g/mol. The molecule has 0 bridgehead atoms. The molecule has 0 fully saturated rings. The first-order valence-corrected chi connectivity index (χ1v) is 10.6. The average molecular weight is 487 g/mol. The zero-order chi connectivity index (χ0) is 22.5. The van der Waals surface area contributed by atoms with Crippen molar-refractivity contribution in [2.75, 3.05) is 7.11 Å². The molecule has 32 heavy (non-hydrogen) atoms. The van der Waals surface area contributed by atoms with Crippen molar-refractivity contribution in [1.29, 1.82) is 5.26 Å². The van der Waals surface area contributed by atoms with Crippen LogP contribution in [0.1, 0.15) is 27.0 Å². The Balaban J connectivity index is 1.60. The second-order valence-corrected chi connectivity index (χ2v) is 7.96. The van der Waals surface area contributed by atoms with Crippen molar-refractivity contribution in [2.45, 2.75) is 6.54 Å². The summed E-state index contributed by atoms with van der Waals surface area (Å²) < 4.78 is 8.11. The minimum atomic E-state index is -0.369. The maximum Gasteiger partial charge on any atom is 0.275 e. The molecule has 0 aliphatic carbocycles. The Morgan fingerprint density at radius 1 is 1.19 bits per heavy atom. The predicted octanol–water partition coefficient (Wildman–Crippen LogP) is 5.10. The smallest absolute Gasteiger partial charge is 0.275 e. The number of carbonyl (C=O) groups excluding carboxylic acids is 1. The van der Waals surface area contributed by atoms with Gasteiger partial charge in [-0.05, 0) is 35.9 Å². The first kappa shape index (κ1) is 21.3. The molecule has 0 atom stereocenters. The zero-order valence-electron chi connectivity index (χ0n) is 17.2. The number of nitriles is 1. The van der Waals surface area contributed by atoms with Gasteiger partial charge in [-0.2, -0.15) is 10.4 Å². The number of rotatable bonds is 6. The molecule has 0 aliphatic rings. The maximum absolute atomic E-state index is 12.6. The molecular weight excluding hydrogens is 468 g/mol. The third-order valence-corrected chi connectivity index (χ3v) is 5.57. The van der Waals surface area contributed by atoms with Crippen molar-refractivity contribution >= 4 is 39.0 Å². The van der Waals surface area contributed by atoms with Crippen molar-refractivity contribution in [2.24, 2.45) is 5.10 Å². The van der Waals surface area contributed by atoms with Gasteiger partial charge < -0.3 is 9.30 Å². The molecule has 3 aromatic carbocycles. The summed E-state index contributed by atoms with van der Waals surface area (Å²) in [5, 5.41) is 14.6. The summed E-state index contributed by atoms with van der Waals surface area (Å²) in [7, 11) is 1.52. The lowest BCUT2D eigenvalue weighted by molar-refractivity contribution is 0.0952. The largest absolute Gasteiger partial charge is 0.496 e. The Morgan fingerprint density at radius 3 is 2.78 bits per heavy atom. The number of ether oxygens (including phenoxy) is 1. The van der Waals surface area contributed by atoms with Crippen LogP contribution in [-0.2, 0) is 6.54 Å². The molecule has 1 amide bonds. The van der Waals surface area contributed by atoms with Crippen molar-refractivity contribution in [3.63, 3.8) is 0 Å². The number of carbonyl (C=O) groups is 1. The summed E-state index contributed by atoms with van der Waals surface area (Å²) in [5.41, 5.74) is 6.41. The minimum absolute atomic E-state index is 0.369. The molecule has 7 heteroatoms. The van der Waals surface area contributed by atoms with Crippen molar-refractivity contribution in [1.82, 2.24) is 9.99 Å². The molecule has 158 valence electrons. The molecular formula is C25H19BrN4O2. The van der Waals surface area contributed by atoms with E-state index in [0.29, 0.717) is 23.4 Å². The van der Waals surface area contributed by atoms with E-state index in [2.05, 4.69) is 37.1 Å². The van der Waals surface area contributed by atoms with E-state index in [-0.39, 0.29) is 5.91 Å². The van der Waals surface area contributed by atoms with Gasteiger partial charge in [0.15, 0.2) is 0 Å². The van der Waals surface area contributed by atoms with Gasteiger partial charge in [0.1, 0.15) is 5.75 Å². The molecule has 4 aromatic rings. The fourth-order valence-electron chi connectivity index (χ4n) is 3.54. The van der Waals surface area contributed by atoms with Crippen LogP contribution in [0.5, 0.6) is 5.75 Å². The van der Waals surface area contributed by atoms with Crippen molar-refractivity contribution in [3.05, 3.63) is 99.7 Å². The Bertz CT molecular complexity index is 1370. The molecule has 0 spiro atoms. The van der Waals surface area contributed by atoms with E-state index in [1.807, 2.05) is 54.7 Å². The molecule has 1 heterocycles. The Morgan fingerprint density at radius 2 is 1.97 bits per heavy atom. The summed E-state index contributed by atoms with van der Waals surface area (Å²) in [4.78, 5) is 12.6. The average Bonchev–Trinajstić information content (AvgIpc) is 3.16. The van der Waals surface area contributed by atoms with Crippen molar-refractivity contribution < 1.29 is 9.53 Å². The molecule has 0 saturated carbocycles. The number of hydrogen-bond donors (Lipinski definition) is 1. The topological polar surface area (TPSA) is 79.4 Å². The quantitative estimate of drug-likeness (QED) is 0.304. The minimum Gasteiger partial charge on any atom is -0.496 e. The van der Waals surface area contributed by atoms with Gasteiger partial charge in [-0.1, -0.05) is 52.3 Å². The van der Waals surface area contributed by atoms with Gasteiger partial charge in [0.05, 0.1) is 30.5 Å². The van der Waals surface area contributed by atoms with Crippen LogP contribution in [0.2, 0.25) is 0 Å². The van der Waals surface area contributed by atoms with Gasteiger partial charge in [0, 0.05) is 33.7 Å². The fourth-order valence-corrected chi connectivity index (χ4v) is 3.90. The zero-order valence-corrected chi connectivity index (χ0v) is 18.8. The normalized spacial score (nSPS) is 10.9. The number of aromatic nitrogens is 1. The van der Waals surface area contributed by atoms with E-state index >= 15 is 0 Å². The highest BCUT2D eigenvalue weighted by atomic mass is 79.9. The van der Waals surface area contributed by atoms with E-state index < -0.39 is 0 Å². The number of hydrazone groups is 1. The summed E-state index contributed by atoms with van der Waals surface area (Å²) >= 11 is 3.37. The number of nitrogens with zero attached hydrogens (tertiary/aromatic N) is 3. The van der Waals surface area contributed by atoms with Crippen LogP contribution in [0.3, 0.4) is 0 Å². The Hall–Kier alpha value is -3.89. The van der Waals surface area contributed by atoms with Crippen LogP contribution in [0.25, 0.3) is 10.9 Å². The van der Waals surface area contributed by atoms with Gasteiger partial charge in [-0.3, -0.25) is 4.79 Å². The number of para-hydroxylation sites is 1. The van der Waals surface area contributed by atoms with Gasteiger partial charge >= 0.3 is 0 Å². The van der Waals surface area contributed by atoms with Crippen LogP contribution in [0.15, 0.2) is 82.5 Å². The van der Waals surface area contributed by atoms with E-state index in [4.69, 9.17) is 4.74 Å². The van der Waals surface area contributed by atoms with Gasteiger partial charge in [0.2, 0.25) is 0 Å². The summed E-state index contributed by atoms with van der Waals surface area (Å²) in [6.07, 6.45) is 3.59. The molecule has 0 saturated heterocycles. The van der Waals surface area contributed by atoms with Crippen LogP contribution < -0.4 is 10.2 Å².